The molecule has 0 aliphatic heterocycles. The molecule has 0 spiro atoms. The summed E-state index contributed by atoms with van der Waals surface area (Å²) in [6, 6.07) is 1.97. The smallest absolute Gasteiger partial charge is 0.0832 e. The van der Waals surface area contributed by atoms with E-state index in [9.17, 15) is 0 Å². The Morgan fingerprint density at radius 2 is 2.58 bits per heavy atom. The van der Waals surface area contributed by atoms with Crippen LogP contribution in [0.25, 0.3) is 0 Å². The van der Waals surface area contributed by atoms with Crippen LogP contribution in [0.1, 0.15) is 19.0 Å². The van der Waals surface area contributed by atoms with Crippen molar-refractivity contribution in [2.75, 3.05) is 0 Å². The van der Waals surface area contributed by atoms with E-state index in [1.165, 1.54) is 0 Å². The summed E-state index contributed by atoms with van der Waals surface area (Å²) in [6.45, 7) is 2.74. The number of aryl methyl sites for hydroxylation is 1. The van der Waals surface area contributed by atoms with Crippen LogP contribution in [0.4, 0.5) is 0 Å². The van der Waals surface area contributed by atoms with Gasteiger partial charge in [0.15, 0.2) is 0 Å². The Morgan fingerprint density at radius 3 is 3.17 bits per heavy atom. The number of rotatable bonds is 4. The molecule has 0 bridgehead atoms. The Balaban J connectivity index is 2.28. The summed E-state index contributed by atoms with van der Waals surface area (Å²) in [7, 11) is 1.90. The maximum absolute atomic E-state index is 4.19. The van der Waals surface area contributed by atoms with Crippen molar-refractivity contribution in [3.05, 3.63) is 18.0 Å². The topological polar surface area (TPSA) is 42.2 Å². The van der Waals surface area contributed by atoms with Gasteiger partial charge in [0.25, 0.3) is 0 Å². The van der Waals surface area contributed by atoms with Gasteiger partial charge in [0, 0.05) is 19.5 Å². The van der Waals surface area contributed by atoms with Crippen LogP contribution in [0.15, 0.2) is 17.4 Å². The molecular weight excluding hydrogens is 152 g/mol. The lowest BCUT2D eigenvalue weighted by molar-refractivity contribution is 0.685. The van der Waals surface area contributed by atoms with E-state index in [1.54, 1.807) is 4.68 Å². The number of hydrogen-bond acceptors (Lipinski definition) is 3. The van der Waals surface area contributed by atoms with E-state index in [4.69, 9.17) is 0 Å². The summed E-state index contributed by atoms with van der Waals surface area (Å²) in [5, 5.41) is 8.16. The molecule has 4 heteroatoms. The van der Waals surface area contributed by atoms with Crippen LogP contribution in [0, 0.1) is 0 Å². The van der Waals surface area contributed by atoms with Crippen molar-refractivity contribution in [3.8, 4) is 0 Å². The number of aromatic nitrogens is 2. The third-order valence-corrected chi connectivity index (χ3v) is 1.39. The first-order valence-electron chi connectivity index (χ1n) is 4.06. The third-order valence-electron chi connectivity index (χ3n) is 1.39. The van der Waals surface area contributed by atoms with Crippen LogP contribution in [0.2, 0.25) is 0 Å². The molecule has 0 amide bonds. The molecular formula is C8H14N4. The van der Waals surface area contributed by atoms with Crippen molar-refractivity contribution in [1.29, 1.82) is 0 Å². The fourth-order valence-electron chi connectivity index (χ4n) is 0.840. The van der Waals surface area contributed by atoms with E-state index < -0.39 is 0 Å². The van der Waals surface area contributed by atoms with Gasteiger partial charge < -0.3 is 5.43 Å². The first-order chi connectivity index (χ1) is 5.83. The summed E-state index contributed by atoms with van der Waals surface area (Å²) in [6.07, 6.45) is 4.71. The lowest BCUT2D eigenvalue weighted by atomic mass is 10.4. The number of hydrogen-bond donors (Lipinski definition) is 1. The number of hydrazone groups is 1. The molecule has 1 rings (SSSR count). The number of nitrogens with one attached hydrogen (secondary N) is 1. The van der Waals surface area contributed by atoms with E-state index in [-0.39, 0.29) is 0 Å². The Kier molecular flexibility index (Phi) is 3.32. The minimum absolute atomic E-state index is 0.692. The number of nitrogens with zero attached hydrogens (tertiary/aromatic N) is 3. The predicted molar refractivity (Wildman–Crippen MR) is 48.8 cm³/mol. The van der Waals surface area contributed by atoms with E-state index in [0.29, 0.717) is 6.54 Å². The zero-order chi connectivity index (χ0) is 8.81. The van der Waals surface area contributed by atoms with Crippen LogP contribution in [0.3, 0.4) is 0 Å². The molecule has 0 aliphatic carbocycles. The summed E-state index contributed by atoms with van der Waals surface area (Å²) in [5.74, 6) is 0. The maximum Gasteiger partial charge on any atom is 0.0832 e. The third kappa shape index (κ3) is 2.74. The van der Waals surface area contributed by atoms with E-state index in [2.05, 4.69) is 15.6 Å². The standard InChI is InChI=1S/C8H14N4/c1-3-5-9-10-7-8-4-6-12(2)11-8/h4-6,10H,3,7H2,1-2H3/b9-5-. The Bertz CT molecular complexity index is 251. The first kappa shape index (κ1) is 8.77. The lowest BCUT2D eigenvalue weighted by Gasteiger charge is -1.94. The summed E-state index contributed by atoms with van der Waals surface area (Å²) in [4.78, 5) is 0. The normalized spacial score (nSPS) is 10.8. The first-order valence-corrected chi connectivity index (χ1v) is 4.06. The van der Waals surface area contributed by atoms with Gasteiger partial charge in [-0.15, -0.1) is 0 Å². The van der Waals surface area contributed by atoms with Crippen molar-refractivity contribution >= 4 is 6.21 Å². The van der Waals surface area contributed by atoms with Crippen molar-refractivity contribution in [1.82, 2.24) is 15.2 Å². The second-order valence-corrected chi connectivity index (χ2v) is 2.54. The predicted octanol–water partition coefficient (Wildman–Crippen LogP) is 0.905. The molecule has 1 heterocycles. The molecule has 0 fully saturated rings. The highest BCUT2D eigenvalue weighted by Crippen LogP contribution is 1.91. The molecule has 0 radical (unpaired) electrons. The van der Waals surface area contributed by atoms with Crippen LogP contribution in [0.5, 0.6) is 0 Å². The molecule has 0 aliphatic rings. The van der Waals surface area contributed by atoms with Gasteiger partial charge in [-0.05, 0) is 12.5 Å². The molecule has 0 saturated heterocycles. The zero-order valence-corrected chi connectivity index (χ0v) is 7.49. The monoisotopic (exact) mass is 166 g/mol. The van der Waals surface area contributed by atoms with E-state index in [0.717, 1.165) is 12.1 Å². The van der Waals surface area contributed by atoms with Crippen molar-refractivity contribution in [3.63, 3.8) is 0 Å². The Morgan fingerprint density at radius 1 is 1.75 bits per heavy atom. The van der Waals surface area contributed by atoms with Crippen LogP contribution >= 0.6 is 0 Å². The van der Waals surface area contributed by atoms with Crippen molar-refractivity contribution < 1.29 is 0 Å². The van der Waals surface area contributed by atoms with Crippen LogP contribution in [-0.4, -0.2) is 16.0 Å². The molecule has 1 aromatic heterocycles. The van der Waals surface area contributed by atoms with Gasteiger partial charge in [0.05, 0.1) is 12.2 Å². The molecule has 0 saturated carbocycles. The highest BCUT2D eigenvalue weighted by atomic mass is 15.3. The highest BCUT2D eigenvalue weighted by molar-refractivity contribution is 5.55. The zero-order valence-electron chi connectivity index (χ0n) is 7.49. The molecule has 4 nitrogen and oxygen atoms in total. The van der Waals surface area contributed by atoms with E-state index >= 15 is 0 Å². The fraction of sp³-hybridized carbons (Fsp3) is 0.500. The van der Waals surface area contributed by atoms with Crippen LogP contribution in [-0.2, 0) is 13.6 Å². The summed E-state index contributed by atoms with van der Waals surface area (Å²) >= 11 is 0. The van der Waals surface area contributed by atoms with Crippen LogP contribution < -0.4 is 5.43 Å². The minimum Gasteiger partial charge on any atom is -0.304 e. The van der Waals surface area contributed by atoms with Crippen molar-refractivity contribution in [2.24, 2.45) is 12.1 Å². The molecule has 1 aromatic rings. The van der Waals surface area contributed by atoms with Gasteiger partial charge in [0.2, 0.25) is 0 Å². The highest BCUT2D eigenvalue weighted by Gasteiger charge is 1.92. The van der Waals surface area contributed by atoms with Crippen molar-refractivity contribution in [2.45, 2.75) is 19.9 Å². The SMILES string of the molecule is CC/C=N\NCc1ccn(C)n1. The Hall–Kier alpha value is -1.32. The van der Waals surface area contributed by atoms with Gasteiger partial charge in [-0.1, -0.05) is 6.92 Å². The van der Waals surface area contributed by atoms with E-state index in [1.807, 2.05) is 32.4 Å². The quantitative estimate of drug-likeness (QED) is 0.533. The molecule has 1 N–H and O–H groups in total. The second kappa shape index (κ2) is 4.54. The van der Waals surface area contributed by atoms with Gasteiger partial charge in [-0.2, -0.15) is 10.2 Å². The van der Waals surface area contributed by atoms with Gasteiger partial charge in [0.1, 0.15) is 0 Å². The minimum atomic E-state index is 0.692. The largest absolute Gasteiger partial charge is 0.304 e. The molecule has 0 aromatic carbocycles. The average molecular weight is 166 g/mol. The summed E-state index contributed by atoms with van der Waals surface area (Å²) in [5.41, 5.74) is 3.91. The van der Waals surface area contributed by atoms with Gasteiger partial charge in [-0.25, -0.2) is 0 Å². The summed E-state index contributed by atoms with van der Waals surface area (Å²) < 4.78 is 1.78. The fourth-order valence-corrected chi connectivity index (χ4v) is 0.840. The second-order valence-electron chi connectivity index (χ2n) is 2.54. The average Bonchev–Trinajstić information content (AvgIpc) is 2.45. The maximum atomic E-state index is 4.19. The van der Waals surface area contributed by atoms with Gasteiger partial charge >= 0.3 is 0 Å². The Labute approximate surface area is 72.3 Å². The van der Waals surface area contributed by atoms with Gasteiger partial charge in [-0.3, -0.25) is 4.68 Å². The lowest BCUT2D eigenvalue weighted by Crippen LogP contribution is -2.06. The molecule has 66 valence electrons. The molecule has 0 unspecified atom stereocenters. The molecule has 0 atom stereocenters. The molecule has 12 heavy (non-hydrogen) atoms.